The summed E-state index contributed by atoms with van der Waals surface area (Å²) in [7, 11) is 0. The van der Waals surface area contributed by atoms with Crippen LogP contribution in [0, 0.1) is 19.8 Å². The Morgan fingerprint density at radius 2 is 1.83 bits per heavy atom. The minimum atomic E-state index is -0.164. The summed E-state index contributed by atoms with van der Waals surface area (Å²) in [5, 5.41) is 6.13. The van der Waals surface area contributed by atoms with Crippen LogP contribution in [-0.2, 0) is 6.54 Å². The highest BCUT2D eigenvalue weighted by molar-refractivity contribution is 5.92. The fraction of sp³-hybridized carbons (Fsp3) is 0.389. The van der Waals surface area contributed by atoms with E-state index in [0.29, 0.717) is 36.3 Å². The number of benzene rings is 1. The van der Waals surface area contributed by atoms with Crippen LogP contribution >= 0.6 is 0 Å². The van der Waals surface area contributed by atoms with Gasteiger partial charge in [0.1, 0.15) is 17.3 Å². The number of anilines is 1. The number of aromatic nitrogens is 2. The number of aryl methyl sites for hydroxylation is 2. The SMILES string of the molecule is Cc1ccc(CNc2cc(C(=O)NCC(C)C)nc(C)n2)cc1. The predicted molar refractivity (Wildman–Crippen MR) is 92.4 cm³/mol. The number of carbonyl (C=O) groups is 1. The van der Waals surface area contributed by atoms with Gasteiger partial charge in [-0.05, 0) is 25.3 Å². The first-order valence-corrected chi connectivity index (χ1v) is 7.87. The molecule has 0 unspecified atom stereocenters. The third-order valence-electron chi connectivity index (χ3n) is 3.34. The van der Waals surface area contributed by atoms with Crippen molar-refractivity contribution < 1.29 is 4.79 Å². The van der Waals surface area contributed by atoms with Gasteiger partial charge in [0.05, 0.1) is 0 Å². The Morgan fingerprint density at radius 3 is 2.48 bits per heavy atom. The highest BCUT2D eigenvalue weighted by Crippen LogP contribution is 2.10. The first-order chi connectivity index (χ1) is 10.9. The summed E-state index contributed by atoms with van der Waals surface area (Å²) in [6.07, 6.45) is 0. The maximum Gasteiger partial charge on any atom is 0.270 e. The van der Waals surface area contributed by atoms with Crippen LogP contribution in [0.5, 0.6) is 0 Å². The van der Waals surface area contributed by atoms with Crippen LogP contribution in [0.15, 0.2) is 30.3 Å². The molecule has 1 aromatic heterocycles. The van der Waals surface area contributed by atoms with Gasteiger partial charge in [-0.25, -0.2) is 9.97 Å². The van der Waals surface area contributed by atoms with E-state index in [1.54, 1.807) is 13.0 Å². The van der Waals surface area contributed by atoms with Crippen molar-refractivity contribution in [2.75, 3.05) is 11.9 Å². The average Bonchev–Trinajstić information content (AvgIpc) is 2.51. The van der Waals surface area contributed by atoms with Crippen molar-refractivity contribution in [2.24, 2.45) is 5.92 Å². The summed E-state index contributed by atoms with van der Waals surface area (Å²) in [6, 6.07) is 10.00. The second kappa shape index (κ2) is 7.72. The monoisotopic (exact) mass is 312 g/mol. The lowest BCUT2D eigenvalue weighted by Crippen LogP contribution is -2.28. The van der Waals surface area contributed by atoms with Crippen molar-refractivity contribution in [2.45, 2.75) is 34.2 Å². The predicted octanol–water partition coefficient (Wildman–Crippen LogP) is 3.09. The summed E-state index contributed by atoms with van der Waals surface area (Å²) in [4.78, 5) is 20.7. The van der Waals surface area contributed by atoms with Gasteiger partial charge in [-0.1, -0.05) is 43.7 Å². The molecule has 1 amide bonds. The van der Waals surface area contributed by atoms with E-state index in [9.17, 15) is 4.79 Å². The van der Waals surface area contributed by atoms with Crippen molar-refractivity contribution in [3.8, 4) is 0 Å². The first-order valence-electron chi connectivity index (χ1n) is 7.87. The van der Waals surface area contributed by atoms with Gasteiger partial charge in [0, 0.05) is 19.2 Å². The van der Waals surface area contributed by atoms with Gasteiger partial charge in [-0.2, -0.15) is 0 Å². The Hall–Kier alpha value is -2.43. The van der Waals surface area contributed by atoms with E-state index in [4.69, 9.17) is 0 Å². The van der Waals surface area contributed by atoms with E-state index in [-0.39, 0.29) is 5.91 Å². The van der Waals surface area contributed by atoms with Gasteiger partial charge in [-0.3, -0.25) is 4.79 Å². The molecule has 0 aliphatic carbocycles. The van der Waals surface area contributed by atoms with Gasteiger partial charge in [-0.15, -0.1) is 0 Å². The molecule has 0 aliphatic rings. The molecule has 0 aliphatic heterocycles. The van der Waals surface area contributed by atoms with Gasteiger partial charge >= 0.3 is 0 Å². The summed E-state index contributed by atoms with van der Waals surface area (Å²) < 4.78 is 0. The summed E-state index contributed by atoms with van der Waals surface area (Å²) in [5.74, 6) is 1.48. The molecule has 1 aromatic carbocycles. The number of carbonyl (C=O) groups excluding carboxylic acids is 1. The fourth-order valence-corrected chi connectivity index (χ4v) is 2.06. The number of nitrogens with one attached hydrogen (secondary N) is 2. The van der Waals surface area contributed by atoms with Crippen molar-refractivity contribution in [1.29, 1.82) is 0 Å². The third-order valence-corrected chi connectivity index (χ3v) is 3.34. The van der Waals surface area contributed by atoms with Gasteiger partial charge in [0.25, 0.3) is 5.91 Å². The molecule has 0 atom stereocenters. The maximum atomic E-state index is 12.1. The summed E-state index contributed by atoms with van der Waals surface area (Å²) >= 11 is 0. The molecule has 2 rings (SSSR count). The van der Waals surface area contributed by atoms with E-state index < -0.39 is 0 Å². The molecule has 2 aromatic rings. The van der Waals surface area contributed by atoms with Crippen LogP contribution in [0.4, 0.5) is 5.82 Å². The van der Waals surface area contributed by atoms with Gasteiger partial charge in [0.2, 0.25) is 0 Å². The second-order valence-electron chi connectivity index (χ2n) is 6.13. The highest BCUT2D eigenvalue weighted by Gasteiger charge is 2.10. The Kier molecular flexibility index (Phi) is 5.68. The normalized spacial score (nSPS) is 10.7. The van der Waals surface area contributed by atoms with E-state index in [2.05, 4.69) is 65.6 Å². The topological polar surface area (TPSA) is 66.9 Å². The van der Waals surface area contributed by atoms with E-state index in [1.165, 1.54) is 5.56 Å². The Balaban J connectivity index is 2.04. The first kappa shape index (κ1) is 16.9. The molecular weight excluding hydrogens is 288 g/mol. The molecule has 0 radical (unpaired) electrons. The van der Waals surface area contributed by atoms with Crippen LogP contribution in [0.1, 0.15) is 41.3 Å². The van der Waals surface area contributed by atoms with Crippen molar-refractivity contribution >= 4 is 11.7 Å². The van der Waals surface area contributed by atoms with Gasteiger partial charge < -0.3 is 10.6 Å². The average molecular weight is 312 g/mol. The number of hydrogen-bond donors (Lipinski definition) is 2. The zero-order valence-corrected chi connectivity index (χ0v) is 14.2. The molecule has 23 heavy (non-hydrogen) atoms. The van der Waals surface area contributed by atoms with E-state index in [0.717, 1.165) is 5.56 Å². The molecule has 0 fully saturated rings. The number of amides is 1. The molecule has 0 saturated heterocycles. The molecule has 1 heterocycles. The number of nitrogens with zero attached hydrogens (tertiary/aromatic N) is 2. The molecular formula is C18H24N4O. The number of hydrogen-bond acceptors (Lipinski definition) is 4. The fourth-order valence-electron chi connectivity index (χ4n) is 2.06. The third kappa shape index (κ3) is 5.36. The number of rotatable bonds is 6. The van der Waals surface area contributed by atoms with Crippen molar-refractivity contribution in [3.63, 3.8) is 0 Å². The van der Waals surface area contributed by atoms with Crippen LogP contribution < -0.4 is 10.6 Å². The lowest BCUT2D eigenvalue weighted by Gasteiger charge is -2.10. The Bertz CT molecular complexity index is 665. The zero-order chi connectivity index (χ0) is 16.8. The molecule has 0 saturated carbocycles. The van der Waals surface area contributed by atoms with Crippen molar-refractivity contribution in [3.05, 3.63) is 53.0 Å². The van der Waals surface area contributed by atoms with Gasteiger partial charge in [0.15, 0.2) is 0 Å². The largest absolute Gasteiger partial charge is 0.366 e. The lowest BCUT2D eigenvalue weighted by atomic mass is 10.1. The lowest BCUT2D eigenvalue weighted by molar-refractivity contribution is 0.0943. The molecule has 5 nitrogen and oxygen atoms in total. The Labute approximate surface area is 137 Å². The Morgan fingerprint density at radius 1 is 1.13 bits per heavy atom. The van der Waals surface area contributed by atoms with Crippen LogP contribution in [-0.4, -0.2) is 22.4 Å². The molecule has 5 heteroatoms. The van der Waals surface area contributed by atoms with Crippen LogP contribution in [0.2, 0.25) is 0 Å². The van der Waals surface area contributed by atoms with Crippen LogP contribution in [0.3, 0.4) is 0 Å². The van der Waals surface area contributed by atoms with E-state index in [1.807, 2.05) is 0 Å². The maximum absolute atomic E-state index is 12.1. The molecule has 0 spiro atoms. The van der Waals surface area contributed by atoms with E-state index >= 15 is 0 Å². The quantitative estimate of drug-likeness (QED) is 0.860. The summed E-state index contributed by atoms with van der Waals surface area (Å²) in [6.45, 7) is 9.25. The molecule has 122 valence electrons. The standard InChI is InChI=1S/C18H24N4O/c1-12(2)10-20-18(23)16-9-17(22-14(4)21-16)19-11-15-7-5-13(3)6-8-15/h5-9,12H,10-11H2,1-4H3,(H,20,23)(H,19,21,22). The molecule has 2 N–H and O–H groups in total. The minimum absolute atomic E-state index is 0.164. The zero-order valence-electron chi connectivity index (χ0n) is 14.2. The van der Waals surface area contributed by atoms with Crippen molar-refractivity contribution in [1.82, 2.24) is 15.3 Å². The second-order valence-corrected chi connectivity index (χ2v) is 6.13. The smallest absolute Gasteiger partial charge is 0.270 e. The summed E-state index contributed by atoms with van der Waals surface area (Å²) in [5.41, 5.74) is 2.79. The van der Waals surface area contributed by atoms with Crippen LogP contribution in [0.25, 0.3) is 0 Å². The highest BCUT2D eigenvalue weighted by atomic mass is 16.1. The molecule has 0 bridgehead atoms. The minimum Gasteiger partial charge on any atom is -0.366 e.